The summed E-state index contributed by atoms with van der Waals surface area (Å²) in [5, 5.41) is 6.41. The molecule has 1 rings (SSSR count). The van der Waals surface area contributed by atoms with Crippen molar-refractivity contribution >= 4 is 29.9 Å². The number of aliphatic imine (C=N–C) groups is 1. The summed E-state index contributed by atoms with van der Waals surface area (Å²) in [7, 11) is 0. The zero-order valence-corrected chi connectivity index (χ0v) is 14.3. The molecule has 0 aliphatic heterocycles. The second-order valence-electron chi connectivity index (χ2n) is 5.16. The fourth-order valence-corrected chi connectivity index (χ4v) is 1.45. The Morgan fingerprint density at radius 3 is 2.42 bits per heavy atom. The van der Waals surface area contributed by atoms with Gasteiger partial charge in [0.05, 0.1) is 6.54 Å². The summed E-state index contributed by atoms with van der Waals surface area (Å²) in [4.78, 5) is 4.38. The Balaban J connectivity index is 0.00000324. The van der Waals surface area contributed by atoms with Crippen LogP contribution in [0.5, 0.6) is 0 Å². The summed E-state index contributed by atoms with van der Waals surface area (Å²) >= 11 is 0. The third-order valence-corrected chi connectivity index (χ3v) is 2.20. The summed E-state index contributed by atoms with van der Waals surface area (Å²) in [6.45, 7) is 9.29. The quantitative estimate of drug-likeness (QED) is 0.481. The summed E-state index contributed by atoms with van der Waals surface area (Å²) < 4.78 is 13.5. The van der Waals surface area contributed by atoms with Crippen molar-refractivity contribution in [3.05, 3.63) is 35.6 Å². The van der Waals surface area contributed by atoms with Crippen LogP contribution in [-0.2, 0) is 6.54 Å². The minimum absolute atomic E-state index is 0. The smallest absolute Gasteiger partial charge is 0.191 e. The number of benzene rings is 1. The molecule has 108 valence electrons. The maximum atomic E-state index is 13.5. The van der Waals surface area contributed by atoms with Crippen LogP contribution in [0.4, 0.5) is 4.39 Å². The van der Waals surface area contributed by atoms with Crippen molar-refractivity contribution in [1.29, 1.82) is 0 Å². The van der Waals surface area contributed by atoms with Crippen LogP contribution in [0.3, 0.4) is 0 Å². The highest BCUT2D eigenvalue weighted by atomic mass is 127. The van der Waals surface area contributed by atoms with Crippen molar-refractivity contribution in [2.24, 2.45) is 4.99 Å². The summed E-state index contributed by atoms with van der Waals surface area (Å²) in [5.74, 6) is 0.487. The van der Waals surface area contributed by atoms with E-state index in [-0.39, 0.29) is 35.3 Å². The van der Waals surface area contributed by atoms with Gasteiger partial charge in [0.25, 0.3) is 0 Å². The minimum Gasteiger partial charge on any atom is -0.357 e. The molecule has 0 bridgehead atoms. The summed E-state index contributed by atoms with van der Waals surface area (Å²) in [5.41, 5.74) is 0.527. The molecule has 0 unspecified atom stereocenters. The van der Waals surface area contributed by atoms with E-state index in [1.807, 2.05) is 13.0 Å². The van der Waals surface area contributed by atoms with Crippen LogP contribution in [-0.4, -0.2) is 18.0 Å². The third-order valence-electron chi connectivity index (χ3n) is 2.20. The molecule has 0 aliphatic rings. The van der Waals surface area contributed by atoms with Gasteiger partial charge in [0.15, 0.2) is 5.96 Å². The molecule has 2 N–H and O–H groups in total. The van der Waals surface area contributed by atoms with Crippen LogP contribution in [0.25, 0.3) is 0 Å². The topological polar surface area (TPSA) is 36.4 Å². The molecule has 19 heavy (non-hydrogen) atoms. The molecule has 5 heteroatoms. The lowest BCUT2D eigenvalue weighted by Crippen LogP contribution is -2.47. The van der Waals surface area contributed by atoms with E-state index in [0.717, 1.165) is 6.54 Å². The first-order valence-electron chi connectivity index (χ1n) is 6.22. The Morgan fingerprint density at radius 1 is 1.26 bits per heavy atom. The maximum absolute atomic E-state index is 13.5. The predicted octanol–water partition coefficient (Wildman–Crippen LogP) is 3.30. The van der Waals surface area contributed by atoms with Gasteiger partial charge in [-0.15, -0.1) is 24.0 Å². The molecule has 1 aromatic rings. The molecule has 0 radical (unpaired) electrons. The van der Waals surface area contributed by atoms with Crippen molar-refractivity contribution in [3.8, 4) is 0 Å². The molecule has 1 aromatic carbocycles. The van der Waals surface area contributed by atoms with Gasteiger partial charge in [-0.2, -0.15) is 0 Å². The first-order chi connectivity index (χ1) is 8.42. The molecular formula is C14H23FIN3. The number of nitrogens with zero attached hydrogens (tertiary/aromatic N) is 1. The van der Waals surface area contributed by atoms with Gasteiger partial charge in [-0.05, 0) is 33.8 Å². The van der Waals surface area contributed by atoms with E-state index in [2.05, 4.69) is 36.4 Å². The van der Waals surface area contributed by atoms with Crippen molar-refractivity contribution in [3.63, 3.8) is 0 Å². The molecular weight excluding hydrogens is 356 g/mol. The molecule has 0 heterocycles. The predicted molar refractivity (Wildman–Crippen MR) is 89.5 cm³/mol. The molecule has 0 atom stereocenters. The van der Waals surface area contributed by atoms with Crippen molar-refractivity contribution in [2.45, 2.75) is 39.8 Å². The Bertz CT molecular complexity index is 413. The van der Waals surface area contributed by atoms with Gasteiger partial charge < -0.3 is 10.6 Å². The summed E-state index contributed by atoms with van der Waals surface area (Å²) in [6.07, 6.45) is 0. The van der Waals surface area contributed by atoms with E-state index in [4.69, 9.17) is 0 Å². The summed E-state index contributed by atoms with van der Waals surface area (Å²) in [6, 6.07) is 6.70. The Labute approximate surface area is 132 Å². The lowest BCUT2D eigenvalue weighted by Gasteiger charge is -2.23. The van der Waals surface area contributed by atoms with Gasteiger partial charge in [0, 0.05) is 17.6 Å². The molecule has 0 fully saturated rings. The van der Waals surface area contributed by atoms with Crippen molar-refractivity contribution < 1.29 is 4.39 Å². The van der Waals surface area contributed by atoms with Crippen molar-refractivity contribution in [1.82, 2.24) is 10.6 Å². The van der Waals surface area contributed by atoms with Crippen LogP contribution in [0.15, 0.2) is 29.3 Å². The number of hydrogen-bond acceptors (Lipinski definition) is 1. The van der Waals surface area contributed by atoms with Crippen LogP contribution in [0.2, 0.25) is 0 Å². The second-order valence-corrected chi connectivity index (χ2v) is 5.16. The fraction of sp³-hybridized carbons (Fsp3) is 0.500. The SMILES string of the molecule is CCNC(=NCc1ccccc1F)NC(C)(C)C.I. The Morgan fingerprint density at radius 2 is 1.89 bits per heavy atom. The Kier molecular flexibility index (Phi) is 7.97. The van der Waals surface area contributed by atoms with E-state index < -0.39 is 0 Å². The van der Waals surface area contributed by atoms with Gasteiger partial charge in [-0.3, -0.25) is 0 Å². The lowest BCUT2D eigenvalue weighted by molar-refractivity contribution is 0.501. The van der Waals surface area contributed by atoms with Crippen LogP contribution in [0, 0.1) is 5.82 Å². The van der Waals surface area contributed by atoms with Crippen LogP contribution < -0.4 is 10.6 Å². The van der Waals surface area contributed by atoms with Gasteiger partial charge in [-0.1, -0.05) is 18.2 Å². The van der Waals surface area contributed by atoms with Gasteiger partial charge in [-0.25, -0.2) is 9.38 Å². The van der Waals surface area contributed by atoms with Gasteiger partial charge >= 0.3 is 0 Å². The highest BCUT2D eigenvalue weighted by molar-refractivity contribution is 14.0. The van der Waals surface area contributed by atoms with Gasteiger partial charge in [0.2, 0.25) is 0 Å². The molecule has 3 nitrogen and oxygen atoms in total. The molecule has 0 aliphatic carbocycles. The number of hydrogen-bond donors (Lipinski definition) is 2. The normalized spacial score (nSPS) is 11.7. The van der Waals surface area contributed by atoms with E-state index in [0.29, 0.717) is 18.1 Å². The average molecular weight is 379 g/mol. The molecule has 0 amide bonds. The lowest BCUT2D eigenvalue weighted by atomic mass is 10.1. The molecule has 0 spiro atoms. The van der Waals surface area contributed by atoms with Crippen LogP contribution in [0.1, 0.15) is 33.3 Å². The van der Waals surface area contributed by atoms with E-state index in [9.17, 15) is 4.39 Å². The van der Waals surface area contributed by atoms with E-state index >= 15 is 0 Å². The number of guanidine groups is 1. The molecule has 0 saturated carbocycles. The second kappa shape index (κ2) is 8.35. The van der Waals surface area contributed by atoms with E-state index in [1.54, 1.807) is 12.1 Å². The highest BCUT2D eigenvalue weighted by Gasteiger charge is 2.11. The zero-order valence-electron chi connectivity index (χ0n) is 12.0. The first-order valence-corrected chi connectivity index (χ1v) is 6.22. The third kappa shape index (κ3) is 7.34. The molecule has 0 aromatic heterocycles. The van der Waals surface area contributed by atoms with Crippen molar-refractivity contribution in [2.75, 3.05) is 6.54 Å². The minimum atomic E-state index is -0.215. The van der Waals surface area contributed by atoms with Crippen LogP contribution >= 0.6 is 24.0 Å². The van der Waals surface area contributed by atoms with Gasteiger partial charge in [0.1, 0.15) is 5.82 Å². The molecule has 0 saturated heterocycles. The largest absolute Gasteiger partial charge is 0.357 e. The Hall–Kier alpha value is -0.850. The first kappa shape index (κ1) is 18.1. The number of rotatable bonds is 3. The highest BCUT2D eigenvalue weighted by Crippen LogP contribution is 2.07. The monoisotopic (exact) mass is 379 g/mol. The number of nitrogens with one attached hydrogen (secondary N) is 2. The average Bonchev–Trinajstić information content (AvgIpc) is 2.26. The number of halogens is 2. The maximum Gasteiger partial charge on any atom is 0.191 e. The fourth-order valence-electron chi connectivity index (χ4n) is 1.45. The standard InChI is InChI=1S/C14H22FN3.HI/c1-5-16-13(18-14(2,3)4)17-10-11-8-6-7-9-12(11)15;/h6-9H,5,10H2,1-4H3,(H2,16,17,18);1H. The zero-order chi connectivity index (χ0) is 13.6. The van der Waals surface area contributed by atoms with E-state index in [1.165, 1.54) is 6.07 Å².